The van der Waals surface area contributed by atoms with Gasteiger partial charge in [-0.15, -0.1) is 0 Å². The molecule has 2 aliphatic heterocycles. The van der Waals surface area contributed by atoms with Gasteiger partial charge in [0.05, 0.1) is 19.8 Å². The number of benzene rings is 1. The Labute approximate surface area is 210 Å². The van der Waals surface area contributed by atoms with Crippen LogP contribution in [0.3, 0.4) is 0 Å². The first-order valence-corrected chi connectivity index (χ1v) is 13.0. The van der Waals surface area contributed by atoms with E-state index >= 15 is 0 Å². The van der Waals surface area contributed by atoms with Crippen LogP contribution in [-0.2, 0) is 43.5 Å². The van der Waals surface area contributed by atoms with Crippen molar-refractivity contribution in [2.75, 3.05) is 32.8 Å². The third-order valence-electron chi connectivity index (χ3n) is 7.61. The van der Waals surface area contributed by atoms with Gasteiger partial charge in [0.15, 0.2) is 11.4 Å². The smallest absolute Gasteiger partial charge is 0.274 e. The number of aromatic nitrogens is 4. The monoisotopic (exact) mass is 488 g/mol. The molecule has 9 heteroatoms. The lowest BCUT2D eigenvalue weighted by molar-refractivity contribution is 0.0296. The summed E-state index contributed by atoms with van der Waals surface area (Å²) in [5.41, 5.74) is 6.44. The molecule has 1 fully saturated rings. The summed E-state index contributed by atoms with van der Waals surface area (Å²) in [4.78, 5) is 30.6. The lowest BCUT2D eigenvalue weighted by Crippen LogP contribution is -2.42. The Hall–Kier alpha value is -3.46. The number of nitrogens with zero attached hydrogens (tertiary/aromatic N) is 5. The Bertz CT molecular complexity index is 1260. The summed E-state index contributed by atoms with van der Waals surface area (Å²) in [6, 6.07) is 10.4. The molecule has 0 spiro atoms. The van der Waals surface area contributed by atoms with E-state index in [1.807, 2.05) is 20.5 Å². The Morgan fingerprint density at radius 1 is 0.917 bits per heavy atom. The van der Waals surface area contributed by atoms with E-state index in [0.717, 1.165) is 61.2 Å². The lowest BCUT2D eigenvalue weighted by atomic mass is 10.0. The Balaban J connectivity index is 1.25. The number of aromatic amines is 1. The maximum absolute atomic E-state index is 13.5. The molecular weight excluding hydrogens is 456 g/mol. The van der Waals surface area contributed by atoms with E-state index in [-0.39, 0.29) is 11.8 Å². The predicted octanol–water partition coefficient (Wildman–Crippen LogP) is 2.40. The van der Waals surface area contributed by atoms with Crippen LogP contribution < -0.4 is 0 Å². The van der Waals surface area contributed by atoms with Gasteiger partial charge in [-0.1, -0.05) is 30.3 Å². The first-order valence-electron chi connectivity index (χ1n) is 13.0. The van der Waals surface area contributed by atoms with Crippen LogP contribution in [0, 0.1) is 0 Å². The van der Waals surface area contributed by atoms with Crippen LogP contribution in [0.15, 0.2) is 30.3 Å². The van der Waals surface area contributed by atoms with Crippen molar-refractivity contribution in [3.63, 3.8) is 0 Å². The molecule has 0 saturated carbocycles. The van der Waals surface area contributed by atoms with Crippen LogP contribution >= 0.6 is 0 Å². The average Bonchev–Trinajstić information content (AvgIpc) is 3.64. The lowest BCUT2D eigenvalue weighted by Gasteiger charge is -2.29. The zero-order valence-electron chi connectivity index (χ0n) is 20.5. The van der Waals surface area contributed by atoms with Crippen molar-refractivity contribution in [3.8, 4) is 0 Å². The second-order valence-electron chi connectivity index (χ2n) is 9.85. The zero-order chi connectivity index (χ0) is 24.5. The minimum atomic E-state index is -0.0636. The third kappa shape index (κ3) is 4.32. The van der Waals surface area contributed by atoms with Crippen LogP contribution in [0.2, 0.25) is 0 Å². The highest BCUT2D eigenvalue weighted by Gasteiger charge is 2.34. The molecule has 0 radical (unpaired) electrons. The van der Waals surface area contributed by atoms with Crippen LogP contribution in [-0.4, -0.2) is 74.4 Å². The molecule has 4 heterocycles. The van der Waals surface area contributed by atoms with Gasteiger partial charge in [-0.2, -0.15) is 10.2 Å². The number of hydrogen-bond acceptors (Lipinski definition) is 5. The highest BCUT2D eigenvalue weighted by molar-refractivity contribution is 5.96. The number of fused-ring (bicyclic) bond motifs is 2. The molecule has 2 amide bonds. The van der Waals surface area contributed by atoms with Gasteiger partial charge < -0.3 is 14.5 Å². The zero-order valence-corrected chi connectivity index (χ0v) is 20.5. The van der Waals surface area contributed by atoms with E-state index in [1.54, 1.807) is 0 Å². The minimum Gasteiger partial charge on any atom is -0.378 e. The maximum atomic E-state index is 13.5. The SMILES string of the molecule is O=C(c1n[nH]c2c1CCC2)N1CCc2c(c(C(=O)N3CCOCC3)nn2CCCc2ccccc2)C1. The Morgan fingerprint density at radius 3 is 2.56 bits per heavy atom. The third-order valence-corrected chi connectivity index (χ3v) is 7.61. The van der Waals surface area contributed by atoms with Crippen molar-refractivity contribution >= 4 is 11.8 Å². The first-order chi connectivity index (χ1) is 17.7. The number of carbonyl (C=O) groups excluding carboxylic acids is 2. The van der Waals surface area contributed by atoms with Gasteiger partial charge in [-0.3, -0.25) is 19.4 Å². The fourth-order valence-corrected chi connectivity index (χ4v) is 5.66. The molecule has 1 saturated heterocycles. The van der Waals surface area contributed by atoms with Crippen LogP contribution in [0.4, 0.5) is 0 Å². The van der Waals surface area contributed by atoms with Gasteiger partial charge in [-0.25, -0.2) is 0 Å². The molecule has 0 unspecified atom stereocenters. The molecule has 36 heavy (non-hydrogen) atoms. The summed E-state index contributed by atoms with van der Waals surface area (Å²) in [6.07, 6.45) is 5.48. The van der Waals surface area contributed by atoms with E-state index in [1.165, 1.54) is 5.56 Å². The summed E-state index contributed by atoms with van der Waals surface area (Å²) < 4.78 is 7.46. The number of aryl methyl sites for hydroxylation is 3. The van der Waals surface area contributed by atoms with E-state index in [4.69, 9.17) is 9.84 Å². The summed E-state index contributed by atoms with van der Waals surface area (Å²) >= 11 is 0. The topological polar surface area (TPSA) is 96.3 Å². The number of H-pyrrole nitrogens is 1. The van der Waals surface area contributed by atoms with E-state index in [2.05, 4.69) is 34.5 Å². The molecular formula is C27H32N6O3. The summed E-state index contributed by atoms with van der Waals surface area (Å²) in [5.74, 6) is -0.118. The molecule has 6 rings (SSSR count). The van der Waals surface area contributed by atoms with Crippen LogP contribution in [0.1, 0.15) is 61.9 Å². The number of ether oxygens (including phenoxy) is 1. The fraction of sp³-hybridized carbons (Fsp3) is 0.481. The maximum Gasteiger partial charge on any atom is 0.274 e. The fourth-order valence-electron chi connectivity index (χ4n) is 5.66. The normalized spacial score (nSPS) is 17.2. The predicted molar refractivity (Wildman–Crippen MR) is 133 cm³/mol. The number of amides is 2. The number of rotatable bonds is 6. The quantitative estimate of drug-likeness (QED) is 0.575. The van der Waals surface area contributed by atoms with Gasteiger partial charge in [0, 0.05) is 55.1 Å². The molecule has 1 N–H and O–H groups in total. The summed E-state index contributed by atoms with van der Waals surface area (Å²) in [7, 11) is 0. The van der Waals surface area contributed by atoms with E-state index in [9.17, 15) is 9.59 Å². The summed E-state index contributed by atoms with van der Waals surface area (Å²) in [6.45, 7) is 3.95. The summed E-state index contributed by atoms with van der Waals surface area (Å²) in [5, 5.41) is 12.2. The van der Waals surface area contributed by atoms with Gasteiger partial charge in [0.2, 0.25) is 0 Å². The Morgan fingerprint density at radius 2 is 1.72 bits per heavy atom. The van der Waals surface area contributed by atoms with Crippen molar-refractivity contribution in [2.24, 2.45) is 0 Å². The number of carbonyl (C=O) groups is 2. The highest BCUT2D eigenvalue weighted by atomic mass is 16.5. The van der Waals surface area contributed by atoms with Crippen molar-refractivity contribution < 1.29 is 14.3 Å². The van der Waals surface area contributed by atoms with E-state index < -0.39 is 0 Å². The van der Waals surface area contributed by atoms with Gasteiger partial charge in [0.1, 0.15) is 0 Å². The van der Waals surface area contributed by atoms with Gasteiger partial charge >= 0.3 is 0 Å². The number of hydrogen-bond donors (Lipinski definition) is 1. The van der Waals surface area contributed by atoms with Gasteiger partial charge in [0.25, 0.3) is 11.8 Å². The largest absolute Gasteiger partial charge is 0.378 e. The number of morpholine rings is 1. The molecule has 188 valence electrons. The molecule has 2 aromatic heterocycles. The molecule has 1 aliphatic carbocycles. The van der Waals surface area contributed by atoms with E-state index in [0.29, 0.717) is 57.2 Å². The van der Waals surface area contributed by atoms with Crippen molar-refractivity contribution in [1.82, 2.24) is 29.8 Å². The second kappa shape index (κ2) is 9.89. The van der Waals surface area contributed by atoms with Gasteiger partial charge in [-0.05, 0) is 37.7 Å². The van der Waals surface area contributed by atoms with Crippen LogP contribution in [0.25, 0.3) is 0 Å². The molecule has 3 aromatic rings. The number of nitrogens with one attached hydrogen (secondary N) is 1. The second-order valence-corrected chi connectivity index (χ2v) is 9.85. The highest BCUT2D eigenvalue weighted by Crippen LogP contribution is 2.28. The van der Waals surface area contributed by atoms with Crippen molar-refractivity contribution in [3.05, 3.63) is 69.8 Å². The molecule has 3 aliphatic rings. The molecule has 9 nitrogen and oxygen atoms in total. The average molecular weight is 489 g/mol. The Kier molecular flexibility index (Phi) is 6.31. The van der Waals surface area contributed by atoms with Crippen LogP contribution in [0.5, 0.6) is 0 Å². The van der Waals surface area contributed by atoms with Crippen molar-refractivity contribution in [2.45, 2.75) is 51.6 Å². The van der Waals surface area contributed by atoms with Crippen molar-refractivity contribution in [1.29, 1.82) is 0 Å². The molecule has 0 atom stereocenters. The molecule has 0 bridgehead atoms. The minimum absolute atomic E-state index is 0.0540. The molecule has 1 aromatic carbocycles. The first kappa shape index (κ1) is 23.0. The standard InChI is InChI=1S/C27H32N6O3/c34-26(24-20-9-4-10-22(20)28-29-24)32-13-11-23-21(18-32)25(27(35)31-14-16-36-17-15-31)30-33(23)12-5-8-19-6-2-1-3-7-19/h1-3,6-7H,4-5,8-18H2,(H,28,29).